The van der Waals surface area contributed by atoms with Crippen LogP contribution in [0, 0.1) is 0 Å². The molecule has 5 nitrogen and oxygen atoms in total. The lowest BCUT2D eigenvalue weighted by Gasteiger charge is -2.29. The van der Waals surface area contributed by atoms with Crippen LogP contribution in [-0.4, -0.2) is 24.6 Å². The average molecular weight is 379 g/mol. The summed E-state index contributed by atoms with van der Waals surface area (Å²) in [4.78, 5) is 39.5. The van der Waals surface area contributed by atoms with Crippen molar-refractivity contribution >= 4 is 17.5 Å². The molecule has 0 aliphatic heterocycles. The van der Waals surface area contributed by atoms with Crippen molar-refractivity contribution in [1.82, 2.24) is 5.32 Å². The van der Waals surface area contributed by atoms with Crippen molar-refractivity contribution in [2.75, 3.05) is 7.11 Å². The zero-order valence-corrected chi connectivity index (χ0v) is 16.7. The van der Waals surface area contributed by atoms with Crippen LogP contribution >= 0.6 is 0 Å². The highest BCUT2D eigenvalue weighted by Gasteiger charge is 2.56. The molecule has 2 aromatic carbocycles. The summed E-state index contributed by atoms with van der Waals surface area (Å²) in [7, 11) is 1.50. The highest BCUT2D eigenvalue weighted by atomic mass is 16.5. The van der Waals surface area contributed by atoms with Crippen molar-refractivity contribution in [3.63, 3.8) is 0 Å². The second-order valence-electron chi connectivity index (χ2n) is 7.37. The summed E-state index contributed by atoms with van der Waals surface area (Å²) in [6.07, 6.45) is 0.839. The van der Waals surface area contributed by atoms with E-state index in [1.54, 1.807) is 30.3 Å². The Hall–Kier alpha value is -2.95. The summed E-state index contributed by atoms with van der Waals surface area (Å²) in [6.45, 7) is 5.97. The molecule has 28 heavy (non-hydrogen) atoms. The van der Waals surface area contributed by atoms with Crippen LogP contribution in [0.15, 0.2) is 42.5 Å². The van der Waals surface area contributed by atoms with Gasteiger partial charge >= 0.3 is 0 Å². The number of ether oxygens (including phenoxy) is 1. The zero-order valence-electron chi connectivity index (χ0n) is 16.7. The molecular weight excluding hydrogens is 354 g/mol. The third-order valence-electron chi connectivity index (χ3n) is 5.20. The van der Waals surface area contributed by atoms with Crippen LogP contribution in [0.1, 0.15) is 71.4 Å². The first-order valence-corrected chi connectivity index (χ1v) is 9.54. The third-order valence-corrected chi connectivity index (χ3v) is 5.20. The molecule has 0 radical (unpaired) electrons. The quantitative estimate of drug-likeness (QED) is 0.770. The number of Topliss-reactive ketones (excluding diaryl/α,β-unsaturated/α-hetero) is 2. The molecule has 1 aliphatic carbocycles. The van der Waals surface area contributed by atoms with Gasteiger partial charge in [-0.15, -0.1) is 0 Å². The lowest BCUT2D eigenvalue weighted by molar-refractivity contribution is -0.122. The number of amides is 1. The SMILES string of the molecule is CCCC(=O)NC1(c2ccc(C(C)C)cc2OC)C(=O)c2ccccc2C1=O. The number of hydrogen-bond donors (Lipinski definition) is 1. The van der Waals surface area contributed by atoms with Crippen LogP contribution in [0.4, 0.5) is 0 Å². The first-order chi connectivity index (χ1) is 13.4. The molecule has 0 saturated carbocycles. The van der Waals surface area contributed by atoms with Crippen LogP contribution in [0.5, 0.6) is 5.75 Å². The van der Waals surface area contributed by atoms with Crippen molar-refractivity contribution in [3.8, 4) is 5.75 Å². The van der Waals surface area contributed by atoms with Gasteiger partial charge in [0, 0.05) is 23.1 Å². The van der Waals surface area contributed by atoms with E-state index in [2.05, 4.69) is 19.2 Å². The smallest absolute Gasteiger partial charge is 0.221 e. The predicted octanol–water partition coefficient (Wildman–Crippen LogP) is 4.01. The molecule has 1 N–H and O–H groups in total. The number of nitrogens with one attached hydrogen (secondary N) is 1. The Kier molecular flexibility index (Phi) is 5.36. The van der Waals surface area contributed by atoms with Crippen molar-refractivity contribution in [2.45, 2.75) is 45.1 Å². The number of methoxy groups -OCH3 is 1. The molecule has 146 valence electrons. The summed E-state index contributed by atoms with van der Waals surface area (Å²) in [5.41, 5.74) is 0.233. The number of fused-ring (bicyclic) bond motifs is 1. The van der Waals surface area contributed by atoms with Gasteiger partial charge in [-0.25, -0.2) is 0 Å². The van der Waals surface area contributed by atoms with Gasteiger partial charge in [0.1, 0.15) is 5.75 Å². The molecule has 1 aliphatic rings. The first-order valence-electron chi connectivity index (χ1n) is 9.54. The van der Waals surface area contributed by atoms with E-state index in [1.807, 2.05) is 19.1 Å². The van der Waals surface area contributed by atoms with Gasteiger partial charge in [-0.05, 0) is 24.0 Å². The monoisotopic (exact) mass is 379 g/mol. The molecule has 5 heteroatoms. The molecule has 3 rings (SSSR count). The number of benzene rings is 2. The van der Waals surface area contributed by atoms with Gasteiger partial charge in [0.2, 0.25) is 17.5 Å². The van der Waals surface area contributed by atoms with Crippen molar-refractivity contribution < 1.29 is 19.1 Å². The van der Waals surface area contributed by atoms with Gasteiger partial charge in [-0.3, -0.25) is 14.4 Å². The van der Waals surface area contributed by atoms with Crippen LogP contribution in [0.2, 0.25) is 0 Å². The van der Waals surface area contributed by atoms with Crippen LogP contribution in [-0.2, 0) is 10.3 Å². The molecule has 0 atom stereocenters. The van der Waals surface area contributed by atoms with Gasteiger partial charge in [-0.1, -0.05) is 57.2 Å². The Bertz CT molecular complexity index is 910. The van der Waals surface area contributed by atoms with Crippen LogP contribution in [0.25, 0.3) is 0 Å². The minimum Gasteiger partial charge on any atom is -0.496 e. The molecule has 0 fully saturated rings. The number of rotatable bonds is 6. The molecule has 0 heterocycles. The van der Waals surface area contributed by atoms with E-state index in [0.29, 0.717) is 28.9 Å². The van der Waals surface area contributed by atoms with E-state index >= 15 is 0 Å². The number of carbonyl (C=O) groups excluding carboxylic acids is 3. The summed E-state index contributed by atoms with van der Waals surface area (Å²) in [5.74, 6) is -0.522. The number of hydrogen-bond acceptors (Lipinski definition) is 4. The fraction of sp³-hybridized carbons (Fsp3) is 0.348. The highest BCUT2D eigenvalue weighted by Crippen LogP contribution is 2.42. The fourth-order valence-electron chi connectivity index (χ4n) is 3.69. The molecule has 0 spiro atoms. The molecule has 0 saturated heterocycles. The van der Waals surface area contributed by atoms with E-state index in [1.165, 1.54) is 7.11 Å². The minimum atomic E-state index is -1.79. The normalized spacial score (nSPS) is 14.9. The largest absolute Gasteiger partial charge is 0.496 e. The van der Waals surface area contributed by atoms with Gasteiger partial charge in [-0.2, -0.15) is 0 Å². The standard InChI is InChI=1S/C23H25NO4/c1-5-8-20(25)24-23(18-12-11-15(14(2)3)13-19(18)28-4)21(26)16-9-6-7-10-17(16)22(23)27/h6-7,9-14H,5,8H2,1-4H3,(H,24,25). The van der Waals surface area contributed by atoms with Gasteiger partial charge in [0.05, 0.1) is 7.11 Å². The lowest BCUT2D eigenvalue weighted by atomic mass is 9.82. The summed E-state index contributed by atoms with van der Waals surface area (Å²) < 4.78 is 5.55. The maximum absolute atomic E-state index is 13.5. The van der Waals surface area contributed by atoms with E-state index in [4.69, 9.17) is 4.74 Å². The van der Waals surface area contributed by atoms with Crippen LogP contribution < -0.4 is 10.1 Å². The fourth-order valence-corrected chi connectivity index (χ4v) is 3.69. The Morgan fingerprint density at radius 1 is 1.07 bits per heavy atom. The molecular formula is C23H25NO4. The maximum Gasteiger partial charge on any atom is 0.221 e. The summed E-state index contributed by atoms with van der Waals surface area (Å²) in [5, 5.41) is 2.76. The molecule has 0 unspecified atom stereocenters. The Morgan fingerprint density at radius 2 is 1.68 bits per heavy atom. The average Bonchev–Trinajstić information content (AvgIpc) is 2.90. The minimum absolute atomic E-state index is 0.227. The molecule has 2 aromatic rings. The van der Waals surface area contributed by atoms with Gasteiger partial charge < -0.3 is 10.1 Å². The molecule has 0 bridgehead atoms. The summed E-state index contributed by atoms with van der Waals surface area (Å²) >= 11 is 0. The second-order valence-corrected chi connectivity index (χ2v) is 7.37. The van der Waals surface area contributed by atoms with Gasteiger partial charge in [0.25, 0.3) is 0 Å². The van der Waals surface area contributed by atoms with Crippen molar-refractivity contribution in [2.24, 2.45) is 0 Å². The highest BCUT2D eigenvalue weighted by molar-refractivity contribution is 6.34. The lowest BCUT2D eigenvalue weighted by Crippen LogP contribution is -2.54. The number of carbonyl (C=O) groups is 3. The molecule has 1 amide bonds. The second kappa shape index (κ2) is 7.58. The van der Waals surface area contributed by atoms with Gasteiger partial charge in [0.15, 0.2) is 5.54 Å². The maximum atomic E-state index is 13.5. The Labute approximate surface area is 165 Å². The predicted molar refractivity (Wildman–Crippen MR) is 107 cm³/mol. The Balaban J connectivity index is 2.24. The first kappa shape index (κ1) is 19.8. The van der Waals surface area contributed by atoms with Crippen molar-refractivity contribution in [1.29, 1.82) is 0 Å². The number of ketones is 2. The molecule has 0 aromatic heterocycles. The van der Waals surface area contributed by atoms with E-state index in [-0.39, 0.29) is 18.2 Å². The summed E-state index contributed by atoms with van der Waals surface area (Å²) in [6, 6.07) is 12.1. The zero-order chi connectivity index (χ0) is 20.5. The van der Waals surface area contributed by atoms with Crippen LogP contribution in [0.3, 0.4) is 0 Å². The van der Waals surface area contributed by atoms with E-state index in [9.17, 15) is 14.4 Å². The van der Waals surface area contributed by atoms with E-state index < -0.39 is 17.1 Å². The van der Waals surface area contributed by atoms with Crippen molar-refractivity contribution in [3.05, 3.63) is 64.7 Å². The Morgan fingerprint density at radius 3 is 2.18 bits per heavy atom. The topological polar surface area (TPSA) is 72.5 Å². The third kappa shape index (κ3) is 3.01. The van der Waals surface area contributed by atoms with E-state index in [0.717, 1.165) is 5.56 Å².